The molecule has 0 amide bonds. The number of carboxylic acid groups (broad SMARTS) is 1. The number of hydrogen-bond donors (Lipinski definition) is 2. The maximum absolute atomic E-state index is 10.9. The predicted molar refractivity (Wildman–Crippen MR) is 72.7 cm³/mol. The zero-order valence-electron chi connectivity index (χ0n) is 9.39. The van der Waals surface area contributed by atoms with Gasteiger partial charge >= 0.3 is 5.97 Å². The molecular formula is C12H11ClN2O2S. The first-order valence-electron chi connectivity index (χ1n) is 5.32. The molecule has 0 bridgehead atoms. The molecule has 0 fully saturated rings. The molecule has 0 saturated carbocycles. The van der Waals surface area contributed by atoms with Gasteiger partial charge in [0, 0.05) is 17.6 Å². The van der Waals surface area contributed by atoms with Gasteiger partial charge in [0.05, 0.1) is 10.6 Å². The van der Waals surface area contributed by atoms with Crippen molar-refractivity contribution in [3.8, 4) is 0 Å². The number of carboxylic acids is 1. The van der Waals surface area contributed by atoms with Crippen molar-refractivity contribution in [2.24, 2.45) is 0 Å². The van der Waals surface area contributed by atoms with Gasteiger partial charge in [-0.05, 0) is 23.9 Å². The maximum Gasteiger partial charge on any atom is 0.337 e. The highest BCUT2D eigenvalue weighted by atomic mass is 35.5. The monoisotopic (exact) mass is 282 g/mol. The highest BCUT2D eigenvalue weighted by Crippen LogP contribution is 2.23. The molecule has 0 aromatic carbocycles. The fourth-order valence-corrected chi connectivity index (χ4v) is 2.46. The zero-order valence-corrected chi connectivity index (χ0v) is 11.0. The number of hydrogen-bond acceptors (Lipinski definition) is 4. The van der Waals surface area contributed by atoms with Gasteiger partial charge in [-0.15, -0.1) is 11.3 Å². The lowest BCUT2D eigenvalue weighted by atomic mass is 10.2. The van der Waals surface area contributed by atoms with Crippen molar-refractivity contribution in [3.63, 3.8) is 0 Å². The molecule has 94 valence electrons. The summed E-state index contributed by atoms with van der Waals surface area (Å²) in [5.74, 6) is -0.642. The molecular weight excluding hydrogens is 272 g/mol. The molecule has 0 aliphatic rings. The summed E-state index contributed by atoms with van der Waals surface area (Å²) in [4.78, 5) is 16.2. The lowest BCUT2D eigenvalue weighted by Crippen LogP contribution is -2.08. The topological polar surface area (TPSA) is 62.2 Å². The summed E-state index contributed by atoms with van der Waals surface area (Å²) in [5, 5.41) is 14.1. The van der Waals surface area contributed by atoms with Crippen molar-refractivity contribution >= 4 is 34.7 Å². The fourth-order valence-electron chi connectivity index (χ4n) is 1.49. The van der Waals surface area contributed by atoms with Crippen molar-refractivity contribution < 1.29 is 9.90 Å². The Kier molecular flexibility index (Phi) is 4.17. The standard InChI is InChI=1S/C12H11ClN2O2S/c13-10-9(12(16)17)4-6-15-11(10)14-5-3-8-2-1-7-18-8/h1-2,4,6-7H,3,5H2,(H,14,15)(H,16,17). The third-order valence-corrected chi connectivity index (χ3v) is 3.68. The molecule has 2 aromatic heterocycles. The Labute approximate surface area is 113 Å². The number of rotatable bonds is 5. The number of halogens is 1. The van der Waals surface area contributed by atoms with Gasteiger partial charge in [0.25, 0.3) is 0 Å². The van der Waals surface area contributed by atoms with Crippen molar-refractivity contribution in [2.75, 3.05) is 11.9 Å². The third-order valence-electron chi connectivity index (χ3n) is 2.36. The van der Waals surface area contributed by atoms with E-state index in [0.717, 1.165) is 6.42 Å². The summed E-state index contributed by atoms with van der Waals surface area (Å²) in [6.45, 7) is 0.663. The van der Waals surface area contributed by atoms with Crippen molar-refractivity contribution in [3.05, 3.63) is 45.2 Å². The summed E-state index contributed by atoms with van der Waals surface area (Å²) >= 11 is 7.64. The van der Waals surface area contributed by atoms with Crippen LogP contribution in [0.15, 0.2) is 29.8 Å². The second-order valence-electron chi connectivity index (χ2n) is 3.58. The molecule has 0 saturated heterocycles. The Morgan fingerprint density at radius 1 is 1.50 bits per heavy atom. The van der Waals surface area contributed by atoms with E-state index in [9.17, 15) is 4.79 Å². The third kappa shape index (κ3) is 3.00. The van der Waals surface area contributed by atoms with Crippen LogP contribution < -0.4 is 5.32 Å². The van der Waals surface area contributed by atoms with Crippen molar-refractivity contribution in [1.29, 1.82) is 0 Å². The number of thiophene rings is 1. The molecule has 0 radical (unpaired) electrons. The van der Waals surface area contributed by atoms with Crippen LogP contribution in [0.5, 0.6) is 0 Å². The number of nitrogens with zero attached hydrogens (tertiary/aromatic N) is 1. The molecule has 2 aromatic rings. The second-order valence-corrected chi connectivity index (χ2v) is 4.99. The normalized spacial score (nSPS) is 10.3. The number of nitrogens with one attached hydrogen (secondary N) is 1. The summed E-state index contributed by atoms with van der Waals surface area (Å²) in [7, 11) is 0. The number of carbonyl (C=O) groups is 1. The van der Waals surface area contributed by atoms with Gasteiger partial charge in [-0.25, -0.2) is 9.78 Å². The first-order valence-corrected chi connectivity index (χ1v) is 6.58. The zero-order chi connectivity index (χ0) is 13.0. The van der Waals surface area contributed by atoms with Crippen LogP contribution >= 0.6 is 22.9 Å². The Balaban J connectivity index is 2.01. The fraction of sp³-hybridized carbons (Fsp3) is 0.167. The van der Waals surface area contributed by atoms with Gasteiger partial charge < -0.3 is 10.4 Å². The first kappa shape index (κ1) is 12.9. The molecule has 2 heterocycles. The average molecular weight is 283 g/mol. The van der Waals surface area contributed by atoms with E-state index in [1.54, 1.807) is 11.3 Å². The highest BCUT2D eigenvalue weighted by molar-refractivity contribution is 7.09. The Bertz CT molecular complexity index is 543. The minimum absolute atomic E-state index is 0.0605. The molecule has 0 unspecified atom stereocenters. The van der Waals surface area contributed by atoms with Crippen LogP contribution in [0.25, 0.3) is 0 Å². The molecule has 0 aliphatic heterocycles. The Morgan fingerprint density at radius 2 is 2.33 bits per heavy atom. The van der Waals surface area contributed by atoms with Gasteiger partial charge in [-0.1, -0.05) is 17.7 Å². The van der Waals surface area contributed by atoms with E-state index in [0.29, 0.717) is 12.4 Å². The smallest absolute Gasteiger partial charge is 0.337 e. The van der Waals surface area contributed by atoms with Crippen LogP contribution in [0.4, 0.5) is 5.82 Å². The minimum atomic E-state index is -1.05. The van der Waals surface area contributed by atoms with E-state index in [2.05, 4.69) is 16.4 Å². The molecule has 18 heavy (non-hydrogen) atoms. The van der Waals surface area contributed by atoms with Gasteiger partial charge in [-0.2, -0.15) is 0 Å². The molecule has 2 rings (SSSR count). The van der Waals surface area contributed by atoms with Crippen LogP contribution in [0.1, 0.15) is 15.2 Å². The minimum Gasteiger partial charge on any atom is -0.478 e. The SMILES string of the molecule is O=C(O)c1ccnc(NCCc2cccs2)c1Cl. The molecule has 0 atom stereocenters. The summed E-state index contributed by atoms with van der Waals surface area (Å²) in [5.41, 5.74) is 0.0605. The van der Waals surface area contributed by atoms with Gasteiger partial charge in [0.1, 0.15) is 5.82 Å². The molecule has 4 nitrogen and oxygen atoms in total. The van der Waals surface area contributed by atoms with Crippen LogP contribution in [-0.2, 0) is 6.42 Å². The summed E-state index contributed by atoms with van der Waals surface area (Å²) in [6, 6.07) is 5.43. The lowest BCUT2D eigenvalue weighted by molar-refractivity contribution is 0.0697. The Morgan fingerprint density at radius 3 is 3.00 bits per heavy atom. The van der Waals surface area contributed by atoms with E-state index < -0.39 is 5.97 Å². The highest BCUT2D eigenvalue weighted by Gasteiger charge is 2.12. The quantitative estimate of drug-likeness (QED) is 0.884. The lowest BCUT2D eigenvalue weighted by Gasteiger charge is -2.08. The van der Waals surface area contributed by atoms with Gasteiger partial charge in [0.2, 0.25) is 0 Å². The van der Waals surface area contributed by atoms with E-state index in [1.807, 2.05) is 11.4 Å². The van der Waals surface area contributed by atoms with E-state index in [-0.39, 0.29) is 10.6 Å². The molecule has 2 N–H and O–H groups in total. The van der Waals surface area contributed by atoms with Crippen LogP contribution in [0.2, 0.25) is 5.02 Å². The van der Waals surface area contributed by atoms with Crippen LogP contribution in [0.3, 0.4) is 0 Å². The van der Waals surface area contributed by atoms with Crippen LogP contribution in [0, 0.1) is 0 Å². The molecule has 6 heteroatoms. The number of pyridine rings is 1. The van der Waals surface area contributed by atoms with Crippen molar-refractivity contribution in [1.82, 2.24) is 4.98 Å². The van der Waals surface area contributed by atoms with E-state index >= 15 is 0 Å². The molecule has 0 spiro atoms. The van der Waals surface area contributed by atoms with Crippen LogP contribution in [-0.4, -0.2) is 22.6 Å². The van der Waals surface area contributed by atoms with Gasteiger partial charge in [-0.3, -0.25) is 0 Å². The Hall–Kier alpha value is -1.59. The first-order chi connectivity index (χ1) is 8.68. The second kappa shape index (κ2) is 5.84. The largest absolute Gasteiger partial charge is 0.478 e. The van der Waals surface area contributed by atoms with Crippen molar-refractivity contribution in [2.45, 2.75) is 6.42 Å². The van der Waals surface area contributed by atoms with E-state index in [4.69, 9.17) is 16.7 Å². The molecule has 0 aliphatic carbocycles. The van der Waals surface area contributed by atoms with Gasteiger partial charge in [0.15, 0.2) is 0 Å². The maximum atomic E-state index is 10.9. The summed E-state index contributed by atoms with van der Waals surface area (Å²) in [6.07, 6.45) is 2.29. The number of anilines is 1. The van der Waals surface area contributed by atoms with E-state index in [1.165, 1.54) is 17.1 Å². The summed E-state index contributed by atoms with van der Waals surface area (Å²) < 4.78 is 0. The number of aromatic carboxylic acids is 1. The predicted octanol–water partition coefficient (Wildman–Crippen LogP) is 3.15. The number of aromatic nitrogens is 1. The average Bonchev–Trinajstić information content (AvgIpc) is 2.84.